The van der Waals surface area contributed by atoms with Gasteiger partial charge in [-0.15, -0.1) is 11.8 Å². The van der Waals surface area contributed by atoms with E-state index in [4.69, 9.17) is 11.1 Å². The van der Waals surface area contributed by atoms with Crippen LogP contribution in [-0.4, -0.2) is 22.4 Å². The van der Waals surface area contributed by atoms with Crippen molar-refractivity contribution in [3.8, 4) is 11.1 Å². The van der Waals surface area contributed by atoms with Crippen LogP contribution in [0.2, 0.25) is 0 Å². The first kappa shape index (κ1) is 23.2. The van der Waals surface area contributed by atoms with Crippen LogP contribution in [0.4, 0.5) is 5.82 Å². The van der Waals surface area contributed by atoms with Crippen LogP contribution in [0.15, 0.2) is 71.8 Å². The van der Waals surface area contributed by atoms with Gasteiger partial charge in [-0.05, 0) is 36.2 Å². The van der Waals surface area contributed by atoms with E-state index in [1.54, 1.807) is 13.1 Å². The molecule has 0 aliphatic rings. The number of hydrogen-bond acceptors (Lipinski definition) is 5. The van der Waals surface area contributed by atoms with E-state index in [0.29, 0.717) is 35.3 Å². The Bertz CT molecular complexity index is 957. The van der Waals surface area contributed by atoms with Gasteiger partial charge in [0, 0.05) is 39.7 Å². The van der Waals surface area contributed by atoms with E-state index in [0.717, 1.165) is 16.7 Å². The molecule has 6 heteroatoms. The normalized spacial score (nSPS) is 10.1. The van der Waals surface area contributed by atoms with Crippen molar-refractivity contribution >= 4 is 29.7 Å². The lowest BCUT2D eigenvalue weighted by molar-refractivity contribution is -0.109. The average Bonchev–Trinajstić information content (AvgIpc) is 2.74. The third-order valence-electron chi connectivity index (χ3n) is 4.11. The third kappa shape index (κ3) is 7.37. The third-order valence-corrected chi connectivity index (χ3v) is 5.13. The maximum absolute atomic E-state index is 9.87. The second-order valence-corrected chi connectivity index (χ2v) is 8.61. The van der Waals surface area contributed by atoms with Gasteiger partial charge in [-0.25, -0.2) is 4.98 Å². The van der Waals surface area contributed by atoms with E-state index in [9.17, 15) is 4.79 Å². The summed E-state index contributed by atoms with van der Waals surface area (Å²) in [6.45, 7) is 6.70. The molecule has 1 aromatic heterocycles. The molecule has 0 spiro atoms. The monoisotopic (exact) mass is 420 g/mol. The number of thioether (sulfide) groups is 1. The Kier molecular flexibility index (Phi) is 9.09. The summed E-state index contributed by atoms with van der Waals surface area (Å²) in [6, 6.07) is 20.1. The number of amides is 1. The number of nitrogens with one attached hydrogen (secondary N) is 2. The van der Waals surface area contributed by atoms with E-state index < -0.39 is 0 Å². The van der Waals surface area contributed by atoms with E-state index in [2.05, 4.69) is 48.4 Å². The molecule has 5 nitrogen and oxygen atoms in total. The SMILES string of the molecule is CC(=N)c1cc(-c2ccc(SC(C)C)cc2)cnc1N.O=CNCc1ccccc1. The zero-order valence-electron chi connectivity index (χ0n) is 17.6. The maximum Gasteiger partial charge on any atom is 0.207 e. The van der Waals surface area contributed by atoms with Gasteiger partial charge < -0.3 is 16.5 Å². The Morgan fingerprint density at radius 1 is 1.13 bits per heavy atom. The lowest BCUT2D eigenvalue weighted by Crippen LogP contribution is -2.09. The van der Waals surface area contributed by atoms with Crippen molar-refractivity contribution in [3.05, 3.63) is 78.0 Å². The smallest absolute Gasteiger partial charge is 0.207 e. The van der Waals surface area contributed by atoms with Gasteiger partial charge in [0.2, 0.25) is 6.41 Å². The van der Waals surface area contributed by atoms with E-state index in [1.165, 1.54) is 4.90 Å². The fourth-order valence-corrected chi connectivity index (χ4v) is 3.52. The number of nitrogens with zero attached hydrogens (tertiary/aromatic N) is 1. The highest BCUT2D eigenvalue weighted by atomic mass is 32.2. The molecule has 30 heavy (non-hydrogen) atoms. The molecular weight excluding hydrogens is 392 g/mol. The molecule has 3 aromatic rings. The van der Waals surface area contributed by atoms with Crippen molar-refractivity contribution in [3.63, 3.8) is 0 Å². The van der Waals surface area contributed by atoms with Gasteiger partial charge in [0.05, 0.1) is 0 Å². The number of pyridine rings is 1. The van der Waals surface area contributed by atoms with Crippen LogP contribution >= 0.6 is 11.8 Å². The molecule has 1 heterocycles. The summed E-state index contributed by atoms with van der Waals surface area (Å²) in [7, 11) is 0. The van der Waals surface area contributed by atoms with Crippen molar-refractivity contribution in [1.82, 2.24) is 10.3 Å². The summed E-state index contributed by atoms with van der Waals surface area (Å²) < 4.78 is 0. The molecule has 3 rings (SSSR count). The quantitative estimate of drug-likeness (QED) is 0.280. The van der Waals surface area contributed by atoms with Gasteiger partial charge in [0.15, 0.2) is 0 Å². The molecule has 0 unspecified atom stereocenters. The summed E-state index contributed by atoms with van der Waals surface area (Å²) in [5, 5.41) is 10.9. The minimum Gasteiger partial charge on any atom is -0.383 e. The first-order valence-electron chi connectivity index (χ1n) is 9.69. The van der Waals surface area contributed by atoms with Crippen LogP contribution in [0.25, 0.3) is 11.1 Å². The van der Waals surface area contributed by atoms with Gasteiger partial charge in [-0.1, -0.05) is 56.3 Å². The standard InChI is InChI=1S/C16H19N3S.C8H9NO/c1-10(2)20-14-6-4-12(5-7-14)13-8-15(11(3)17)16(18)19-9-13;10-7-9-6-8-4-2-1-3-5-8/h4-10,17H,1-3H3,(H2,18,19);1-5,7H,6H2,(H,9,10). The Morgan fingerprint density at radius 3 is 2.37 bits per heavy atom. The Balaban J connectivity index is 0.000000269. The molecule has 0 bridgehead atoms. The predicted molar refractivity (Wildman–Crippen MR) is 127 cm³/mol. The van der Waals surface area contributed by atoms with Gasteiger partial charge in [0.25, 0.3) is 0 Å². The largest absolute Gasteiger partial charge is 0.383 e. The summed E-state index contributed by atoms with van der Waals surface area (Å²) in [5.41, 5.74) is 10.1. The highest BCUT2D eigenvalue weighted by molar-refractivity contribution is 7.99. The summed E-state index contributed by atoms with van der Waals surface area (Å²) in [5.74, 6) is 0.410. The molecular formula is C24H28N4OS. The lowest BCUT2D eigenvalue weighted by atomic mass is 10.0. The van der Waals surface area contributed by atoms with Crippen molar-refractivity contribution in [2.24, 2.45) is 0 Å². The van der Waals surface area contributed by atoms with Crippen LogP contribution in [0, 0.1) is 5.41 Å². The molecule has 0 saturated heterocycles. The van der Waals surface area contributed by atoms with Gasteiger partial charge in [-0.3, -0.25) is 4.79 Å². The van der Waals surface area contributed by atoms with E-state index in [-0.39, 0.29) is 0 Å². The number of benzene rings is 2. The molecule has 2 aromatic carbocycles. The number of nitrogens with two attached hydrogens (primary N) is 1. The second-order valence-electron chi connectivity index (χ2n) is 6.96. The molecule has 4 N–H and O–H groups in total. The molecule has 0 fully saturated rings. The number of carbonyl (C=O) groups is 1. The topological polar surface area (TPSA) is 91.9 Å². The van der Waals surface area contributed by atoms with Crippen molar-refractivity contribution in [2.45, 2.75) is 37.5 Å². The average molecular weight is 421 g/mol. The number of hydrogen-bond donors (Lipinski definition) is 3. The number of carbonyl (C=O) groups excluding carboxylic acids is 1. The number of aromatic nitrogens is 1. The van der Waals surface area contributed by atoms with Crippen LogP contribution < -0.4 is 11.1 Å². The molecule has 0 aliphatic carbocycles. The minimum atomic E-state index is 0.410. The molecule has 1 amide bonds. The highest BCUT2D eigenvalue weighted by Gasteiger charge is 2.07. The Morgan fingerprint density at radius 2 is 1.80 bits per heavy atom. The second kappa shape index (κ2) is 11.8. The van der Waals surface area contributed by atoms with Crippen molar-refractivity contribution < 1.29 is 4.79 Å². The fourth-order valence-electron chi connectivity index (χ4n) is 2.69. The first-order chi connectivity index (χ1) is 14.4. The molecule has 0 atom stereocenters. The van der Waals surface area contributed by atoms with Crippen LogP contribution in [-0.2, 0) is 11.3 Å². The van der Waals surface area contributed by atoms with Gasteiger partial charge in [0.1, 0.15) is 5.82 Å². The van der Waals surface area contributed by atoms with Gasteiger partial charge in [-0.2, -0.15) is 0 Å². The molecule has 0 saturated carbocycles. The molecule has 156 valence electrons. The fraction of sp³-hybridized carbons (Fsp3) is 0.208. The highest BCUT2D eigenvalue weighted by Crippen LogP contribution is 2.27. The van der Waals surface area contributed by atoms with E-state index >= 15 is 0 Å². The van der Waals surface area contributed by atoms with Crippen molar-refractivity contribution in [2.75, 3.05) is 5.73 Å². The zero-order chi connectivity index (χ0) is 21.9. The molecule has 0 aliphatic heterocycles. The van der Waals surface area contributed by atoms with Crippen LogP contribution in [0.1, 0.15) is 31.9 Å². The number of rotatable bonds is 7. The van der Waals surface area contributed by atoms with E-state index in [1.807, 2.05) is 48.2 Å². The maximum atomic E-state index is 9.87. The van der Waals surface area contributed by atoms with Crippen LogP contribution in [0.3, 0.4) is 0 Å². The number of nitrogen functional groups attached to an aromatic ring is 1. The van der Waals surface area contributed by atoms with Crippen molar-refractivity contribution in [1.29, 1.82) is 5.41 Å². The first-order valence-corrected chi connectivity index (χ1v) is 10.6. The summed E-state index contributed by atoms with van der Waals surface area (Å²) in [4.78, 5) is 15.3. The van der Waals surface area contributed by atoms with Gasteiger partial charge >= 0.3 is 0 Å². The molecule has 0 radical (unpaired) electrons. The minimum absolute atomic E-state index is 0.410. The summed E-state index contributed by atoms with van der Waals surface area (Å²) >= 11 is 1.84. The summed E-state index contributed by atoms with van der Waals surface area (Å²) in [6.07, 6.45) is 2.46. The Hall–Kier alpha value is -3.12. The zero-order valence-corrected chi connectivity index (χ0v) is 18.4. The Labute approximate surface area is 182 Å². The van der Waals surface area contributed by atoms with Crippen LogP contribution in [0.5, 0.6) is 0 Å². The predicted octanol–water partition coefficient (Wildman–Crippen LogP) is 5.15. The lowest BCUT2D eigenvalue weighted by Gasteiger charge is -2.08. The number of anilines is 1.